The number of hydrogen-bond acceptors (Lipinski definition) is 9. The number of nitrogens with zero attached hydrogens (tertiary/aromatic N) is 4. The summed E-state index contributed by atoms with van der Waals surface area (Å²) in [6.07, 6.45) is 1.54. The normalized spacial score (nSPS) is 11.1. The van der Waals surface area contributed by atoms with Crippen molar-refractivity contribution >= 4 is 23.7 Å². The highest BCUT2D eigenvalue weighted by molar-refractivity contribution is 8.02. The maximum absolute atomic E-state index is 14.9. The van der Waals surface area contributed by atoms with Gasteiger partial charge in [-0.2, -0.15) is 0 Å². The molecule has 0 aliphatic heterocycles. The van der Waals surface area contributed by atoms with E-state index in [1.165, 1.54) is 45.6 Å². The van der Waals surface area contributed by atoms with Gasteiger partial charge in [-0.25, -0.2) is 4.39 Å². The van der Waals surface area contributed by atoms with E-state index in [0.29, 0.717) is 33.8 Å². The number of nitro groups is 1. The highest BCUT2D eigenvalue weighted by Crippen LogP contribution is 2.42. The number of ether oxygens (including phenoxy) is 3. The van der Waals surface area contributed by atoms with Crippen molar-refractivity contribution in [2.45, 2.75) is 5.16 Å². The van der Waals surface area contributed by atoms with Crippen molar-refractivity contribution in [2.24, 2.45) is 0 Å². The number of halogens is 1. The van der Waals surface area contributed by atoms with Crippen molar-refractivity contribution in [3.05, 3.63) is 75.6 Å². The molecule has 180 valence electrons. The van der Waals surface area contributed by atoms with E-state index < -0.39 is 10.7 Å². The van der Waals surface area contributed by atoms with Gasteiger partial charge in [-0.15, -0.1) is 10.2 Å². The first-order chi connectivity index (χ1) is 17.0. The number of para-hydroxylation sites is 1. The number of benzene rings is 2. The summed E-state index contributed by atoms with van der Waals surface area (Å²) in [7, 11) is 4.48. The van der Waals surface area contributed by atoms with E-state index in [-0.39, 0.29) is 17.3 Å². The van der Waals surface area contributed by atoms with Crippen LogP contribution in [0, 0.1) is 15.9 Å². The van der Waals surface area contributed by atoms with Crippen LogP contribution in [0.4, 0.5) is 10.3 Å². The van der Waals surface area contributed by atoms with Gasteiger partial charge in [-0.1, -0.05) is 23.9 Å². The average molecular weight is 498 g/mol. The lowest BCUT2D eigenvalue weighted by molar-refractivity contribution is -0.402. The molecule has 10 nitrogen and oxygen atoms in total. The van der Waals surface area contributed by atoms with E-state index in [1.807, 2.05) is 0 Å². The summed E-state index contributed by atoms with van der Waals surface area (Å²) in [5.74, 6) is 0.977. The van der Waals surface area contributed by atoms with Crippen LogP contribution in [-0.2, 0) is 0 Å². The molecule has 0 spiro atoms. The van der Waals surface area contributed by atoms with Gasteiger partial charge in [-0.05, 0) is 41.8 Å². The lowest BCUT2D eigenvalue weighted by Gasteiger charge is -2.15. The minimum atomic E-state index is -0.622. The molecule has 0 amide bonds. The molecule has 0 fully saturated rings. The van der Waals surface area contributed by atoms with Crippen molar-refractivity contribution in [1.29, 1.82) is 0 Å². The van der Waals surface area contributed by atoms with Gasteiger partial charge in [-0.3, -0.25) is 14.7 Å². The number of methoxy groups -OCH3 is 3. The standard InChI is InChI=1S/C23H19FN4O6S/c1-31-18-12-14(13-19(32-2)21(18)33-3)22-25-26-23(27(22)17-7-5-4-6-16(17)24)35-11-10-15-8-9-20(34-15)28(29)30/h4-13H,1-3H3/b11-10+. The molecule has 2 heterocycles. The zero-order valence-corrected chi connectivity index (χ0v) is 19.6. The first kappa shape index (κ1) is 23.8. The molecule has 2 aromatic carbocycles. The van der Waals surface area contributed by atoms with Crippen LogP contribution in [0.1, 0.15) is 5.76 Å². The molecule has 0 saturated carbocycles. The molecule has 0 aliphatic carbocycles. The molecule has 12 heteroatoms. The molecule has 4 rings (SSSR count). The minimum absolute atomic E-state index is 0.228. The van der Waals surface area contributed by atoms with Crippen molar-refractivity contribution in [3.8, 4) is 34.3 Å². The van der Waals surface area contributed by atoms with Crippen molar-refractivity contribution in [2.75, 3.05) is 21.3 Å². The highest BCUT2D eigenvalue weighted by atomic mass is 32.2. The first-order valence-corrected chi connectivity index (χ1v) is 10.9. The van der Waals surface area contributed by atoms with Crippen LogP contribution in [0.15, 0.2) is 63.5 Å². The molecule has 0 atom stereocenters. The quantitative estimate of drug-likeness (QED) is 0.171. The summed E-state index contributed by atoms with van der Waals surface area (Å²) in [6, 6.07) is 12.3. The van der Waals surface area contributed by atoms with Gasteiger partial charge in [0.2, 0.25) is 5.75 Å². The predicted molar refractivity (Wildman–Crippen MR) is 127 cm³/mol. The highest BCUT2D eigenvalue weighted by Gasteiger charge is 2.22. The molecule has 0 radical (unpaired) electrons. The van der Waals surface area contributed by atoms with E-state index in [0.717, 1.165) is 11.8 Å². The third-order valence-corrected chi connectivity index (χ3v) is 5.60. The van der Waals surface area contributed by atoms with Crippen LogP contribution in [0.5, 0.6) is 17.2 Å². The lowest BCUT2D eigenvalue weighted by Crippen LogP contribution is -2.03. The monoisotopic (exact) mass is 498 g/mol. The zero-order chi connectivity index (χ0) is 24.9. The molecule has 4 aromatic rings. The van der Waals surface area contributed by atoms with Gasteiger partial charge in [0.05, 0.1) is 33.1 Å². The van der Waals surface area contributed by atoms with Crippen molar-refractivity contribution < 1.29 is 27.9 Å². The van der Waals surface area contributed by atoms with E-state index in [4.69, 9.17) is 18.6 Å². The van der Waals surface area contributed by atoms with E-state index in [1.54, 1.807) is 40.3 Å². The van der Waals surface area contributed by atoms with Crippen LogP contribution < -0.4 is 14.2 Å². The second-order valence-corrected chi connectivity index (χ2v) is 7.73. The molecular weight excluding hydrogens is 479 g/mol. The molecule has 0 bridgehead atoms. The zero-order valence-electron chi connectivity index (χ0n) is 18.8. The fourth-order valence-electron chi connectivity index (χ4n) is 3.29. The van der Waals surface area contributed by atoms with Gasteiger partial charge < -0.3 is 18.6 Å². The Labute approximate surface area is 203 Å². The minimum Gasteiger partial charge on any atom is -0.493 e. The summed E-state index contributed by atoms with van der Waals surface area (Å²) in [5, 5.41) is 21.3. The molecule has 0 N–H and O–H groups in total. The number of rotatable bonds is 9. The second kappa shape index (κ2) is 10.3. The maximum atomic E-state index is 14.9. The van der Waals surface area contributed by atoms with Gasteiger partial charge in [0.1, 0.15) is 16.5 Å². The fraction of sp³-hybridized carbons (Fsp3) is 0.130. The average Bonchev–Trinajstić information content (AvgIpc) is 3.51. The third-order valence-electron chi connectivity index (χ3n) is 4.85. The predicted octanol–water partition coefficient (Wildman–Crippen LogP) is 5.36. The van der Waals surface area contributed by atoms with Crippen LogP contribution in [0.3, 0.4) is 0 Å². The number of thioether (sulfide) groups is 1. The van der Waals surface area contributed by atoms with Crippen LogP contribution in [0.25, 0.3) is 23.2 Å². The Kier molecular flexibility index (Phi) is 7.01. The Bertz CT molecular complexity index is 1380. The van der Waals surface area contributed by atoms with Crippen molar-refractivity contribution in [3.63, 3.8) is 0 Å². The van der Waals surface area contributed by atoms with Crippen LogP contribution >= 0.6 is 11.8 Å². The summed E-state index contributed by atoms with van der Waals surface area (Å²) < 4.78 is 37.8. The van der Waals surface area contributed by atoms with Gasteiger partial charge in [0.15, 0.2) is 22.5 Å². The summed E-state index contributed by atoms with van der Waals surface area (Å²) in [6.45, 7) is 0. The molecular formula is C23H19FN4O6S. The Balaban J connectivity index is 1.79. The topological polar surface area (TPSA) is 115 Å². The van der Waals surface area contributed by atoms with Gasteiger partial charge in [0, 0.05) is 5.56 Å². The largest absolute Gasteiger partial charge is 0.493 e. The lowest BCUT2D eigenvalue weighted by atomic mass is 10.1. The number of furan rings is 1. The van der Waals surface area contributed by atoms with E-state index >= 15 is 0 Å². The summed E-state index contributed by atoms with van der Waals surface area (Å²) in [5.41, 5.74) is 0.776. The molecule has 0 unspecified atom stereocenters. The smallest absolute Gasteiger partial charge is 0.433 e. The Morgan fingerprint density at radius 2 is 1.77 bits per heavy atom. The van der Waals surface area contributed by atoms with Gasteiger partial charge >= 0.3 is 5.88 Å². The van der Waals surface area contributed by atoms with Crippen molar-refractivity contribution in [1.82, 2.24) is 14.8 Å². The molecule has 0 aliphatic rings. The molecule has 2 aromatic heterocycles. The Morgan fingerprint density at radius 3 is 2.37 bits per heavy atom. The first-order valence-electron chi connectivity index (χ1n) is 10.0. The summed E-state index contributed by atoms with van der Waals surface area (Å²) in [4.78, 5) is 10.2. The fourth-order valence-corrected chi connectivity index (χ4v) is 3.99. The van der Waals surface area contributed by atoms with E-state index in [2.05, 4.69) is 10.2 Å². The number of aromatic nitrogens is 3. The molecule has 35 heavy (non-hydrogen) atoms. The maximum Gasteiger partial charge on any atom is 0.433 e. The van der Waals surface area contributed by atoms with E-state index in [9.17, 15) is 14.5 Å². The second-order valence-electron chi connectivity index (χ2n) is 6.86. The van der Waals surface area contributed by atoms with Gasteiger partial charge in [0.25, 0.3) is 0 Å². The number of hydrogen-bond donors (Lipinski definition) is 0. The Morgan fingerprint density at radius 1 is 1.06 bits per heavy atom. The Hall–Kier alpha value is -4.32. The third kappa shape index (κ3) is 4.82. The molecule has 0 saturated heterocycles. The summed E-state index contributed by atoms with van der Waals surface area (Å²) >= 11 is 1.13. The van der Waals surface area contributed by atoms with Crippen LogP contribution in [0.2, 0.25) is 0 Å². The SMILES string of the molecule is COc1cc(-c2nnc(S/C=C/c3ccc([N+](=O)[O-])o3)n2-c2ccccc2F)cc(OC)c1OC. The van der Waals surface area contributed by atoms with Crippen LogP contribution in [-0.4, -0.2) is 41.0 Å².